The molecule has 0 saturated carbocycles. The molecular formula is C30H27ClN2O5. The molecule has 1 aromatic heterocycles. The molecule has 0 aliphatic carbocycles. The molecule has 1 aliphatic heterocycles. The van der Waals surface area contributed by atoms with E-state index in [0.717, 1.165) is 18.8 Å². The summed E-state index contributed by atoms with van der Waals surface area (Å²) in [5.74, 6) is -1.31. The highest BCUT2D eigenvalue weighted by molar-refractivity contribution is 6.31. The maximum atomic E-state index is 13.8. The van der Waals surface area contributed by atoms with Crippen LogP contribution in [0.25, 0.3) is 11.0 Å². The molecule has 38 heavy (non-hydrogen) atoms. The zero-order valence-electron chi connectivity index (χ0n) is 21.3. The number of fused-ring (bicyclic) bond motifs is 1. The van der Waals surface area contributed by atoms with Gasteiger partial charge >= 0.3 is 0 Å². The van der Waals surface area contributed by atoms with E-state index in [9.17, 15) is 14.7 Å². The van der Waals surface area contributed by atoms with Crippen molar-refractivity contribution in [3.05, 3.63) is 100 Å². The Bertz CT molecular complexity index is 1550. The number of amides is 1. The molecule has 5 rings (SSSR count). The number of carbonyl (C=O) groups excluding carboxylic acids is 2. The van der Waals surface area contributed by atoms with Gasteiger partial charge in [-0.1, -0.05) is 23.7 Å². The second-order valence-electron chi connectivity index (χ2n) is 8.93. The summed E-state index contributed by atoms with van der Waals surface area (Å²) >= 11 is 6.10. The van der Waals surface area contributed by atoms with Gasteiger partial charge < -0.3 is 19.2 Å². The van der Waals surface area contributed by atoms with Crippen LogP contribution in [0.5, 0.6) is 5.75 Å². The molecule has 1 atom stereocenters. The number of aliphatic hydroxyl groups is 1. The van der Waals surface area contributed by atoms with E-state index < -0.39 is 23.5 Å². The number of anilines is 2. The van der Waals surface area contributed by atoms with Gasteiger partial charge in [-0.05, 0) is 80.1 Å². The van der Waals surface area contributed by atoms with E-state index in [0.29, 0.717) is 33.0 Å². The first-order valence-corrected chi connectivity index (χ1v) is 12.7. The van der Waals surface area contributed by atoms with Crippen molar-refractivity contribution in [2.24, 2.45) is 0 Å². The summed E-state index contributed by atoms with van der Waals surface area (Å²) in [5, 5.41) is 12.2. The highest BCUT2D eigenvalue weighted by Crippen LogP contribution is 2.43. The van der Waals surface area contributed by atoms with Crippen LogP contribution in [0.2, 0.25) is 5.02 Å². The Morgan fingerprint density at radius 2 is 1.79 bits per heavy atom. The van der Waals surface area contributed by atoms with Crippen molar-refractivity contribution < 1.29 is 23.8 Å². The first-order valence-electron chi connectivity index (χ1n) is 12.4. The summed E-state index contributed by atoms with van der Waals surface area (Å²) in [6.07, 6.45) is 0. The summed E-state index contributed by atoms with van der Waals surface area (Å²) in [6.45, 7) is 5.83. The first kappa shape index (κ1) is 25.4. The molecule has 2 heterocycles. The molecule has 1 amide bonds. The van der Waals surface area contributed by atoms with Gasteiger partial charge in [0.2, 0.25) is 5.78 Å². The van der Waals surface area contributed by atoms with E-state index >= 15 is 0 Å². The number of ether oxygens (including phenoxy) is 1. The van der Waals surface area contributed by atoms with Gasteiger partial charge in [0.15, 0.2) is 11.5 Å². The van der Waals surface area contributed by atoms with Gasteiger partial charge in [-0.2, -0.15) is 0 Å². The van der Waals surface area contributed by atoms with Gasteiger partial charge in [0, 0.05) is 34.9 Å². The third kappa shape index (κ3) is 4.39. The Labute approximate surface area is 225 Å². The number of nitrogens with zero attached hydrogens (tertiary/aromatic N) is 2. The molecule has 0 radical (unpaired) electrons. The molecule has 194 valence electrons. The highest BCUT2D eigenvalue weighted by atomic mass is 35.5. The summed E-state index contributed by atoms with van der Waals surface area (Å²) in [7, 11) is 1.54. The maximum Gasteiger partial charge on any atom is 0.294 e. The number of methoxy groups -OCH3 is 1. The minimum absolute atomic E-state index is 0.00300. The summed E-state index contributed by atoms with van der Waals surface area (Å²) in [5.41, 5.74) is 2.57. The topological polar surface area (TPSA) is 83.2 Å². The lowest BCUT2D eigenvalue weighted by Gasteiger charge is -2.28. The molecule has 1 N–H and O–H groups in total. The number of ketones is 1. The number of hydrogen-bond donors (Lipinski definition) is 1. The van der Waals surface area contributed by atoms with E-state index in [4.69, 9.17) is 20.8 Å². The third-order valence-electron chi connectivity index (χ3n) is 6.82. The molecule has 1 aliphatic rings. The Morgan fingerprint density at radius 3 is 2.47 bits per heavy atom. The lowest BCUT2D eigenvalue weighted by Crippen LogP contribution is -2.31. The van der Waals surface area contributed by atoms with E-state index in [1.54, 1.807) is 55.6 Å². The molecule has 4 aromatic rings. The fourth-order valence-corrected chi connectivity index (χ4v) is 5.08. The monoisotopic (exact) mass is 530 g/mol. The van der Waals surface area contributed by atoms with Crippen LogP contribution in [-0.4, -0.2) is 37.0 Å². The number of hydrogen-bond acceptors (Lipinski definition) is 6. The number of aliphatic hydroxyl groups excluding tert-OH is 1. The Kier molecular flexibility index (Phi) is 6.87. The molecule has 1 unspecified atom stereocenters. The standard InChI is InChI=1S/C30H27ClN2O5/c1-4-32(5-2)21-10-12-22(13-11-21)33-27(18-7-6-8-23(16-18)37-3)26(29(35)30(33)36)28(34)25-17-19-15-20(31)9-14-24(19)38-25/h6-17,27,35H,4-5H2,1-3H3. The lowest BCUT2D eigenvalue weighted by molar-refractivity contribution is -0.117. The fourth-order valence-electron chi connectivity index (χ4n) is 4.90. The van der Waals surface area contributed by atoms with Crippen molar-refractivity contribution in [3.63, 3.8) is 0 Å². The number of rotatable bonds is 8. The van der Waals surface area contributed by atoms with E-state index in [1.807, 2.05) is 24.3 Å². The smallest absolute Gasteiger partial charge is 0.294 e. The minimum Gasteiger partial charge on any atom is -0.503 e. The van der Waals surface area contributed by atoms with Crippen LogP contribution < -0.4 is 14.5 Å². The third-order valence-corrected chi connectivity index (χ3v) is 7.06. The van der Waals surface area contributed by atoms with Gasteiger partial charge in [0.1, 0.15) is 11.3 Å². The Hall–Kier alpha value is -4.23. The zero-order valence-corrected chi connectivity index (χ0v) is 22.0. The summed E-state index contributed by atoms with van der Waals surface area (Å²) < 4.78 is 11.2. The van der Waals surface area contributed by atoms with Gasteiger partial charge in [-0.3, -0.25) is 14.5 Å². The Balaban J connectivity index is 1.62. The van der Waals surface area contributed by atoms with Crippen LogP contribution >= 0.6 is 11.6 Å². The normalized spacial score (nSPS) is 15.4. The van der Waals surface area contributed by atoms with Crippen molar-refractivity contribution in [1.29, 1.82) is 0 Å². The number of furan rings is 1. The molecule has 7 nitrogen and oxygen atoms in total. The second kappa shape index (κ2) is 10.3. The maximum absolute atomic E-state index is 13.8. The van der Waals surface area contributed by atoms with E-state index in [2.05, 4.69) is 18.7 Å². The molecule has 0 fully saturated rings. The molecule has 0 bridgehead atoms. The lowest BCUT2D eigenvalue weighted by atomic mass is 9.94. The average Bonchev–Trinajstić information content (AvgIpc) is 3.47. The van der Waals surface area contributed by atoms with Gasteiger partial charge in [0.25, 0.3) is 5.91 Å². The number of halogens is 1. The molecule has 3 aromatic carbocycles. The van der Waals surface area contributed by atoms with Crippen LogP contribution in [0.15, 0.2) is 88.5 Å². The number of benzene rings is 3. The number of carbonyl (C=O) groups is 2. The molecule has 0 spiro atoms. The summed E-state index contributed by atoms with van der Waals surface area (Å²) in [6, 6.07) is 20.3. The van der Waals surface area contributed by atoms with Crippen LogP contribution in [0, 0.1) is 0 Å². The highest BCUT2D eigenvalue weighted by Gasteiger charge is 2.45. The van der Waals surface area contributed by atoms with Crippen LogP contribution in [-0.2, 0) is 4.79 Å². The SMILES string of the molecule is CCN(CC)c1ccc(N2C(=O)C(O)=C(C(=O)c3cc4cc(Cl)ccc4o3)C2c2cccc(OC)c2)cc1. The summed E-state index contributed by atoms with van der Waals surface area (Å²) in [4.78, 5) is 31.0. The van der Waals surface area contributed by atoms with Crippen LogP contribution in [0.4, 0.5) is 11.4 Å². The largest absolute Gasteiger partial charge is 0.503 e. The molecule has 8 heteroatoms. The quantitative estimate of drug-likeness (QED) is 0.254. The zero-order chi connectivity index (χ0) is 27.0. The fraction of sp³-hybridized carbons (Fsp3) is 0.200. The van der Waals surface area contributed by atoms with Gasteiger partial charge in [0.05, 0.1) is 18.7 Å². The van der Waals surface area contributed by atoms with Crippen molar-refractivity contribution in [1.82, 2.24) is 0 Å². The predicted molar refractivity (Wildman–Crippen MR) is 148 cm³/mol. The second-order valence-corrected chi connectivity index (χ2v) is 9.36. The number of Topliss-reactive ketones (excluding diaryl/α,β-unsaturated/α-hetero) is 1. The minimum atomic E-state index is -0.902. The van der Waals surface area contributed by atoms with Gasteiger partial charge in [-0.15, -0.1) is 0 Å². The Morgan fingerprint density at radius 1 is 1.05 bits per heavy atom. The molecule has 0 saturated heterocycles. The van der Waals surface area contributed by atoms with E-state index in [1.165, 1.54) is 4.90 Å². The van der Waals surface area contributed by atoms with Crippen molar-refractivity contribution in [3.8, 4) is 5.75 Å². The van der Waals surface area contributed by atoms with Crippen LogP contribution in [0.1, 0.15) is 36.0 Å². The average molecular weight is 531 g/mol. The van der Waals surface area contributed by atoms with Crippen molar-refractivity contribution >= 4 is 45.6 Å². The van der Waals surface area contributed by atoms with Crippen molar-refractivity contribution in [2.45, 2.75) is 19.9 Å². The van der Waals surface area contributed by atoms with Gasteiger partial charge in [-0.25, -0.2) is 0 Å². The van der Waals surface area contributed by atoms with Crippen LogP contribution in [0.3, 0.4) is 0 Å². The molecular weight excluding hydrogens is 504 g/mol. The van der Waals surface area contributed by atoms with E-state index in [-0.39, 0.29) is 11.3 Å². The first-order chi connectivity index (χ1) is 18.4. The van der Waals surface area contributed by atoms with Crippen molar-refractivity contribution in [2.75, 3.05) is 30.0 Å². The predicted octanol–water partition coefficient (Wildman–Crippen LogP) is 6.72.